The lowest BCUT2D eigenvalue weighted by Gasteiger charge is -2.27. The minimum Gasteiger partial charge on any atom is -0.360 e. The molecule has 0 spiro atoms. The van der Waals surface area contributed by atoms with Crippen LogP contribution in [0.4, 0.5) is 0 Å². The fourth-order valence-electron chi connectivity index (χ4n) is 3.34. The maximum atomic E-state index is 13.1. The summed E-state index contributed by atoms with van der Waals surface area (Å²) in [6, 6.07) is 20.1. The molecule has 1 amide bonds. The van der Waals surface area contributed by atoms with E-state index in [4.69, 9.17) is 4.52 Å². The number of thioether (sulfide) groups is 1. The molecular formula is C23H22N2O2S. The monoisotopic (exact) mass is 390 g/mol. The summed E-state index contributed by atoms with van der Waals surface area (Å²) < 4.78 is 5.28. The van der Waals surface area contributed by atoms with Crippen LogP contribution in [0.25, 0.3) is 5.57 Å². The third-order valence-electron chi connectivity index (χ3n) is 4.81. The second-order valence-electron chi connectivity index (χ2n) is 6.82. The first kappa shape index (κ1) is 18.6. The lowest BCUT2D eigenvalue weighted by atomic mass is 9.99. The Hall–Kier alpha value is -2.79. The van der Waals surface area contributed by atoms with E-state index in [0.29, 0.717) is 12.3 Å². The highest BCUT2D eigenvalue weighted by Crippen LogP contribution is 2.29. The number of rotatable bonds is 5. The number of amides is 1. The zero-order valence-electron chi connectivity index (χ0n) is 15.8. The van der Waals surface area contributed by atoms with E-state index in [1.807, 2.05) is 48.2 Å². The highest BCUT2D eigenvalue weighted by atomic mass is 32.2. The van der Waals surface area contributed by atoms with Crippen molar-refractivity contribution in [3.63, 3.8) is 0 Å². The van der Waals surface area contributed by atoms with Gasteiger partial charge in [-0.05, 0) is 36.6 Å². The molecule has 0 fully saturated rings. The average Bonchev–Trinajstić information content (AvgIpc) is 3.18. The summed E-state index contributed by atoms with van der Waals surface area (Å²) in [4.78, 5) is 16.0. The van der Waals surface area contributed by atoms with Crippen LogP contribution in [-0.2, 0) is 5.75 Å². The van der Waals surface area contributed by atoms with Crippen LogP contribution < -0.4 is 0 Å². The fraction of sp³-hybridized carbons (Fsp3) is 0.217. The molecule has 3 aromatic rings. The van der Waals surface area contributed by atoms with Crippen LogP contribution in [0.1, 0.15) is 33.8 Å². The van der Waals surface area contributed by atoms with Crippen molar-refractivity contribution in [2.24, 2.45) is 0 Å². The van der Waals surface area contributed by atoms with Crippen LogP contribution in [0.15, 0.2) is 76.2 Å². The van der Waals surface area contributed by atoms with Crippen molar-refractivity contribution in [3.05, 3.63) is 89.3 Å². The van der Waals surface area contributed by atoms with Gasteiger partial charge in [-0.25, -0.2) is 0 Å². The second-order valence-corrected chi connectivity index (χ2v) is 7.83. The number of carbonyl (C=O) groups is 1. The largest absolute Gasteiger partial charge is 0.360 e. The molecule has 28 heavy (non-hydrogen) atoms. The van der Waals surface area contributed by atoms with Gasteiger partial charge in [-0.3, -0.25) is 4.79 Å². The van der Waals surface area contributed by atoms with Crippen molar-refractivity contribution in [1.29, 1.82) is 0 Å². The van der Waals surface area contributed by atoms with Gasteiger partial charge >= 0.3 is 0 Å². The molecule has 142 valence electrons. The standard InChI is InChI=1S/C23H22N2O2S/c1-17-15-20(27-24-17)16-28-22-10-6-5-9-21(22)23(26)25-13-11-19(12-14-25)18-7-3-2-4-8-18/h2-11,15H,12-14,16H2,1H3. The van der Waals surface area contributed by atoms with Crippen LogP contribution in [-0.4, -0.2) is 29.1 Å². The smallest absolute Gasteiger partial charge is 0.255 e. The Morgan fingerprint density at radius 2 is 1.93 bits per heavy atom. The zero-order valence-corrected chi connectivity index (χ0v) is 16.6. The molecule has 0 N–H and O–H groups in total. The molecule has 4 nitrogen and oxygen atoms in total. The molecule has 1 aliphatic rings. The van der Waals surface area contributed by atoms with E-state index in [2.05, 4.69) is 35.5 Å². The predicted octanol–water partition coefficient (Wildman–Crippen LogP) is 5.20. The molecule has 0 radical (unpaired) electrons. The Kier molecular flexibility index (Phi) is 5.63. The molecule has 0 saturated heterocycles. The van der Waals surface area contributed by atoms with Crippen molar-refractivity contribution in [3.8, 4) is 0 Å². The van der Waals surface area contributed by atoms with E-state index in [1.165, 1.54) is 11.1 Å². The highest BCUT2D eigenvalue weighted by Gasteiger charge is 2.21. The van der Waals surface area contributed by atoms with Gasteiger partial charge in [0.05, 0.1) is 17.0 Å². The number of carbonyl (C=O) groups excluding carboxylic acids is 1. The van der Waals surface area contributed by atoms with E-state index >= 15 is 0 Å². The topological polar surface area (TPSA) is 46.3 Å². The van der Waals surface area contributed by atoms with Crippen LogP contribution in [0.2, 0.25) is 0 Å². The number of hydrogen-bond acceptors (Lipinski definition) is 4. The fourth-order valence-corrected chi connectivity index (χ4v) is 4.26. The molecule has 0 atom stereocenters. The molecule has 1 aliphatic heterocycles. The first-order valence-electron chi connectivity index (χ1n) is 9.38. The van der Waals surface area contributed by atoms with Gasteiger partial charge in [0.2, 0.25) is 0 Å². The number of benzene rings is 2. The molecule has 2 heterocycles. The number of hydrogen-bond donors (Lipinski definition) is 0. The second kappa shape index (κ2) is 8.48. The first-order valence-corrected chi connectivity index (χ1v) is 10.4. The van der Waals surface area contributed by atoms with Crippen molar-refractivity contribution in [2.45, 2.75) is 24.0 Å². The minimum absolute atomic E-state index is 0.0835. The van der Waals surface area contributed by atoms with Crippen LogP contribution in [0.3, 0.4) is 0 Å². The van der Waals surface area contributed by atoms with Gasteiger partial charge in [0.1, 0.15) is 5.76 Å². The maximum Gasteiger partial charge on any atom is 0.255 e. The van der Waals surface area contributed by atoms with Crippen molar-refractivity contribution < 1.29 is 9.32 Å². The molecule has 1 aromatic heterocycles. The van der Waals surface area contributed by atoms with Crippen molar-refractivity contribution in [1.82, 2.24) is 10.1 Å². The van der Waals surface area contributed by atoms with Gasteiger partial charge < -0.3 is 9.42 Å². The third kappa shape index (κ3) is 4.20. The van der Waals surface area contributed by atoms with E-state index in [1.54, 1.807) is 11.8 Å². The SMILES string of the molecule is Cc1cc(CSc2ccccc2C(=O)N2CC=C(c3ccccc3)CC2)on1. The highest BCUT2D eigenvalue weighted by molar-refractivity contribution is 7.98. The normalized spacial score (nSPS) is 14.0. The molecule has 4 rings (SSSR count). The maximum absolute atomic E-state index is 13.1. The van der Waals surface area contributed by atoms with Crippen molar-refractivity contribution in [2.75, 3.05) is 13.1 Å². The Bertz CT molecular complexity index is 995. The van der Waals surface area contributed by atoms with E-state index in [0.717, 1.165) is 34.9 Å². The summed E-state index contributed by atoms with van der Waals surface area (Å²) in [5.41, 5.74) is 4.18. The summed E-state index contributed by atoms with van der Waals surface area (Å²) in [7, 11) is 0. The first-order chi connectivity index (χ1) is 13.7. The van der Waals surface area contributed by atoms with Gasteiger partial charge in [-0.1, -0.05) is 53.7 Å². The van der Waals surface area contributed by atoms with Gasteiger partial charge in [0, 0.05) is 24.1 Å². The van der Waals surface area contributed by atoms with Crippen LogP contribution in [0, 0.1) is 6.92 Å². The van der Waals surface area contributed by atoms with Crippen LogP contribution >= 0.6 is 11.8 Å². The number of aromatic nitrogens is 1. The average molecular weight is 391 g/mol. The predicted molar refractivity (Wildman–Crippen MR) is 112 cm³/mol. The molecule has 0 bridgehead atoms. The van der Waals surface area contributed by atoms with Crippen LogP contribution in [0.5, 0.6) is 0 Å². The molecule has 0 unspecified atom stereocenters. The van der Waals surface area contributed by atoms with Crippen molar-refractivity contribution >= 4 is 23.2 Å². The Morgan fingerprint density at radius 1 is 1.14 bits per heavy atom. The Labute approximate surface area is 169 Å². The Morgan fingerprint density at radius 3 is 2.64 bits per heavy atom. The molecular weight excluding hydrogens is 368 g/mol. The molecule has 2 aromatic carbocycles. The van der Waals surface area contributed by atoms with Gasteiger partial charge in [0.25, 0.3) is 5.91 Å². The van der Waals surface area contributed by atoms with E-state index in [9.17, 15) is 4.79 Å². The summed E-state index contributed by atoms with van der Waals surface area (Å²) in [5.74, 6) is 1.56. The third-order valence-corrected chi connectivity index (χ3v) is 5.90. The number of nitrogens with zero attached hydrogens (tertiary/aromatic N) is 2. The Balaban J connectivity index is 1.46. The zero-order chi connectivity index (χ0) is 19.3. The lowest BCUT2D eigenvalue weighted by Crippen LogP contribution is -2.34. The van der Waals surface area contributed by atoms with Gasteiger partial charge in [-0.2, -0.15) is 0 Å². The van der Waals surface area contributed by atoms with E-state index < -0.39 is 0 Å². The number of aryl methyl sites for hydroxylation is 1. The van der Waals surface area contributed by atoms with E-state index in [-0.39, 0.29) is 5.91 Å². The summed E-state index contributed by atoms with van der Waals surface area (Å²) >= 11 is 1.61. The lowest BCUT2D eigenvalue weighted by molar-refractivity contribution is 0.0769. The summed E-state index contributed by atoms with van der Waals surface area (Å²) in [6.07, 6.45) is 3.05. The van der Waals surface area contributed by atoms with Gasteiger partial charge in [0.15, 0.2) is 0 Å². The summed E-state index contributed by atoms with van der Waals surface area (Å²) in [6.45, 7) is 3.28. The molecule has 0 aliphatic carbocycles. The summed E-state index contributed by atoms with van der Waals surface area (Å²) in [5, 5.41) is 3.92. The quantitative estimate of drug-likeness (QED) is 0.562. The molecule has 0 saturated carbocycles. The minimum atomic E-state index is 0.0835. The van der Waals surface area contributed by atoms with Gasteiger partial charge in [-0.15, -0.1) is 11.8 Å². The molecule has 5 heteroatoms.